The minimum atomic E-state index is -0.539. The van der Waals surface area contributed by atoms with E-state index in [0.717, 1.165) is 0 Å². The van der Waals surface area contributed by atoms with Gasteiger partial charge in [-0.2, -0.15) is 10.5 Å². The second kappa shape index (κ2) is 12.4. The number of hydrogen-bond acceptors (Lipinski definition) is 10. The molecule has 0 aliphatic heterocycles. The second-order valence-electron chi connectivity index (χ2n) is 5.40. The Morgan fingerprint density at radius 2 is 1.44 bits per heavy atom. The lowest BCUT2D eigenvalue weighted by Crippen LogP contribution is -2.33. The van der Waals surface area contributed by atoms with Gasteiger partial charge in [-0.1, -0.05) is 0 Å². The summed E-state index contributed by atoms with van der Waals surface area (Å²) in [5.74, 6) is 0.244. The molecular weight excluding hydrogens is 354 g/mol. The van der Waals surface area contributed by atoms with Crippen LogP contribution in [0.5, 0.6) is 0 Å². The van der Waals surface area contributed by atoms with E-state index in [0.29, 0.717) is 26.3 Å². The van der Waals surface area contributed by atoms with Crippen LogP contribution in [0.25, 0.3) is 0 Å². The van der Waals surface area contributed by atoms with Crippen molar-refractivity contribution >= 4 is 17.3 Å². The molecule has 0 aliphatic rings. The molecule has 11 heteroatoms. The summed E-state index contributed by atoms with van der Waals surface area (Å²) in [5.41, 5.74) is -0.263. The topological polar surface area (TPSA) is 141 Å². The molecule has 0 spiro atoms. The molecule has 1 aromatic rings. The number of methoxy groups -OCH3 is 2. The Morgan fingerprint density at radius 3 is 1.81 bits per heavy atom. The number of nitrogens with zero attached hydrogens (tertiary/aromatic N) is 7. The monoisotopic (exact) mass is 377 g/mol. The first-order valence-corrected chi connectivity index (χ1v) is 8.31. The van der Waals surface area contributed by atoms with E-state index in [1.165, 1.54) is 6.33 Å². The van der Waals surface area contributed by atoms with Crippen molar-refractivity contribution in [2.24, 2.45) is 0 Å². The van der Waals surface area contributed by atoms with Crippen LogP contribution in [0.4, 0.5) is 17.3 Å². The van der Waals surface area contributed by atoms with Crippen molar-refractivity contribution in [2.45, 2.75) is 12.8 Å². The summed E-state index contributed by atoms with van der Waals surface area (Å²) in [4.78, 5) is 22.7. The smallest absolute Gasteiger partial charge is 0.353 e. The molecule has 1 heterocycles. The maximum atomic E-state index is 11.8. The lowest BCUT2D eigenvalue weighted by Gasteiger charge is -2.26. The Morgan fingerprint density at radius 1 is 1.00 bits per heavy atom. The fourth-order valence-corrected chi connectivity index (χ4v) is 2.41. The molecule has 0 atom stereocenters. The normalized spacial score (nSPS) is 10.1. The molecule has 0 aliphatic carbocycles. The fourth-order valence-electron chi connectivity index (χ4n) is 2.41. The predicted molar refractivity (Wildman–Crippen MR) is 97.3 cm³/mol. The van der Waals surface area contributed by atoms with Gasteiger partial charge in [0, 0.05) is 40.4 Å². The first-order valence-electron chi connectivity index (χ1n) is 8.31. The molecule has 27 heavy (non-hydrogen) atoms. The highest BCUT2D eigenvalue weighted by atomic mass is 16.6. The van der Waals surface area contributed by atoms with Gasteiger partial charge >= 0.3 is 5.69 Å². The van der Waals surface area contributed by atoms with Crippen LogP contribution >= 0.6 is 0 Å². The van der Waals surface area contributed by atoms with Crippen molar-refractivity contribution in [2.75, 3.05) is 63.4 Å². The summed E-state index contributed by atoms with van der Waals surface area (Å²) in [6.45, 7) is 1.93. The van der Waals surface area contributed by atoms with E-state index in [1.54, 1.807) is 24.0 Å². The maximum Gasteiger partial charge on any atom is 0.353 e. The molecule has 146 valence electrons. The third kappa shape index (κ3) is 6.66. The van der Waals surface area contributed by atoms with Crippen LogP contribution in [-0.2, 0) is 9.47 Å². The van der Waals surface area contributed by atoms with Gasteiger partial charge in [0.05, 0.1) is 43.1 Å². The standard InChI is InChI=1S/C16H23N7O4/c1-26-11-9-22(10-12-27-2)16-14(23(24)25)15(19-13-20-16)21(7-3-5-17)8-4-6-18/h13H,3-4,7-12H2,1-2H3. The van der Waals surface area contributed by atoms with E-state index < -0.39 is 4.92 Å². The fraction of sp³-hybridized carbons (Fsp3) is 0.625. The largest absolute Gasteiger partial charge is 0.383 e. The Kier molecular flexibility index (Phi) is 10.1. The summed E-state index contributed by atoms with van der Waals surface area (Å²) < 4.78 is 10.2. The van der Waals surface area contributed by atoms with E-state index in [2.05, 4.69) is 9.97 Å². The van der Waals surface area contributed by atoms with Crippen LogP contribution < -0.4 is 9.80 Å². The zero-order valence-electron chi connectivity index (χ0n) is 15.5. The van der Waals surface area contributed by atoms with E-state index >= 15 is 0 Å². The average Bonchev–Trinajstić information content (AvgIpc) is 2.67. The van der Waals surface area contributed by atoms with Gasteiger partial charge in [0.2, 0.25) is 11.6 Å². The van der Waals surface area contributed by atoms with Gasteiger partial charge in [-0.05, 0) is 0 Å². The van der Waals surface area contributed by atoms with Crippen LogP contribution in [0, 0.1) is 32.8 Å². The van der Waals surface area contributed by atoms with Gasteiger partial charge in [0.25, 0.3) is 0 Å². The molecule has 0 saturated carbocycles. The zero-order chi connectivity index (χ0) is 20.1. The van der Waals surface area contributed by atoms with Gasteiger partial charge in [-0.25, -0.2) is 9.97 Å². The van der Waals surface area contributed by atoms with Gasteiger partial charge in [0.15, 0.2) is 0 Å². The van der Waals surface area contributed by atoms with Crippen molar-refractivity contribution in [3.8, 4) is 12.1 Å². The van der Waals surface area contributed by atoms with Crippen molar-refractivity contribution in [1.82, 2.24) is 9.97 Å². The SMILES string of the molecule is COCCN(CCOC)c1ncnc(N(CCC#N)CCC#N)c1[N+](=O)[O-]. The van der Waals surface area contributed by atoms with E-state index in [1.807, 2.05) is 12.1 Å². The van der Waals surface area contributed by atoms with E-state index in [4.69, 9.17) is 20.0 Å². The van der Waals surface area contributed by atoms with Gasteiger partial charge in [-0.3, -0.25) is 10.1 Å². The lowest BCUT2D eigenvalue weighted by atomic mass is 10.3. The molecule has 0 bridgehead atoms. The highest BCUT2D eigenvalue weighted by Gasteiger charge is 2.29. The maximum absolute atomic E-state index is 11.8. The summed E-state index contributed by atoms with van der Waals surface area (Å²) >= 11 is 0. The minimum absolute atomic E-state index is 0.0929. The number of rotatable bonds is 13. The molecular formula is C16H23N7O4. The van der Waals surface area contributed by atoms with E-state index in [-0.39, 0.29) is 43.3 Å². The molecule has 0 saturated heterocycles. The molecule has 0 N–H and O–H groups in total. The first-order chi connectivity index (χ1) is 13.1. The Labute approximate surface area is 157 Å². The molecule has 0 unspecified atom stereocenters. The Balaban J connectivity index is 3.35. The van der Waals surface area contributed by atoms with Crippen molar-refractivity contribution in [1.29, 1.82) is 10.5 Å². The second-order valence-corrected chi connectivity index (χ2v) is 5.40. The highest BCUT2D eigenvalue weighted by molar-refractivity contribution is 5.71. The summed E-state index contributed by atoms with van der Waals surface area (Å²) in [7, 11) is 3.08. The Hall–Kier alpha value is -3.02. The van der Waals surface area contributed by atoms with Crippen molar-refractivity contribution < 1.29 is 14.4 Å². The zero-order valence-corrected chi connectivity index (χ0v) is 15.5. The molecule has 0 amide bonds. The first kappa shape index (κ1) is 22.0. The number of anilines is 2. The third-order valence-corrected chi connectivity index (χ3v) is 3.68. The average molecular weight is 377 g/mol. The number of ether oxygens (including phenoxy) is 2. The number of hydrogen-bond donors (Lipinski definition) is 0. The summed E-state index contributed by atoms with van der Waals surface area (Å²) in [5, 5.41) is 29.5. The van der Waals surface area contributed by atoms with Crippen LogP contribution in [0.3, 0.4) is 0 Å². The predicted octanol–water partition coefficient (Wildman–Crippen LogP) is 1.12. The third-order valence-electron chi connectivity index (χ3n) is 3.68. The molecule has 0 aromatic carbocycles. The quantitative estimate of drug-likeness (QED) is 0.362. The molecule has 1 aromatic heterocycles. The molecule has 11 nitrogen and oxygen atoms in total. The number of aromatic nitrogens is 2. The molecule has 1 rings (SSSR count). The lowest BCUT2D eigenvalue weighted by molar-refractivity contribution is -0.383. The van der Waals surface area contributed by atoms with Crippen molar-refractivity contribution in [3.05, 3.63) is 16.4 Å². The number of nitriles is 2. The van der Waals surface area contributed by atoms with Gasteiger partial charge in [0.1, 0.15) is 6.33 Å². The molecule has 0 radical (unpaired) electrons. The highest BCUT2D eigenvalue weighted by Crippen LogP contribution is 2.34. The van der Waals surface area contributed by atoms with Gasteiger partial charge < -0.3 is 19.3 Å². The van der Waals surface area contributed by atoms with E-state index in [9.17, 15) is 10.1 Å². The summed E-state index contributed by atoms with van der Waals surface area (Å²) in [6, 6.07) is 4.01. The van der Waals surface area contributed by atoms with Gasteiger partial charge in [-0.15, -0.1) is 0 Å². The van der Waals surface area contributed by atoms with Crippen LogP contribution in [0.1, 0.15) is 12.8 Å². The summed E-state index contributed by atoms with van der Waals surface area (Å²) in [6.07, 6.45) is 1.55. The van der Waals surface area contributed by atoms with Crippen LogP contribution in [0.15, 0.2) is 6.33 Å². The Bertz CT molecular complexity index is 660. The minimum Gasteiger partial charge on any atom is -0.383 e. The van der Waals surface area contributed by atoms with Crippen LogP contribution in [-0.4, -0.2) is 68.5 Å². The van der Waals surface area contributed by atoms with Crippen molar-refractivity contribution in [3.63, 3.8) is 0 Å². The van der Waals surface area contributed by atoms with Crippen LogP contribution in [0.2, 0.25) is 0 Å². The number of nitro groups is 1. The molecule has 0 fully saturated rings.